The van der Waals surface area contributed by atoms with Gasteiger partial charge < -0.3 is 24.1 Å². The molecule has 144 valence electrons. The molecule has 2 N–H and O–H groups in total. The van der Waals surface area contributed by atoms with Crippen molar-refractivity contribution < 1.29 is 33.7 Å². The van der Waals surface area contributed by atoms with E-state index in [0.717, 1.165) is 0 Å². The number of carbonyl (C=O) groups is 2. The third-order valence-corrected chi connectivity index (χ3v) is 7.36. The molecule has 1 spiro atoms. The standard InChI is InChI=1S/C20H22O7/c1-19-13-4-2-3-11-17(23)26-9-20(11,13)7-12(21)14(19)18(24)27-15(16(19)22)10-5-6-25-8-10/h3,5-6,8,12-16,21-22H,2,4,7,9H2,1H3. The van der Waals surface area contributed by atoms with Gasteiger partial charge in [-0.15, -0.1) is 0 Å². The fraction of sp³-hybridized carbons (Fsp3) is 0.600. The van der Waals surface area contributed by atoms with E-state index in [1.54, 1.807) is 6.07 Å². The molecule has 7 nitrogen and oxygen atoms in total. The van der Waals surface area contributed by atoms with E-state index in [1.807, 2.05) is 13.0 Å². The maximum absolute atomic E-state index is 12.9. The quantitative estimate of drug-likeness (QED) is 0.718. The lowest BCUT2D eigenvalue weighted by atomic mass is 9.44. The van der Waals surface area contributed by atoms with Crippen molar-refractivity contribution in [3.63, 3.8) is 0 Å². The van der Waals surface area contributed by atoms with Crippen LogP contribution in [0.15, 0.2) is 34.7 Å². The summed E-state index contributed by atoms with van der Waals surface area (Å²) in [5, 5.41) is 22.3. The number of hydrogen-bond donors (Lipinski definition) is 2. The molecule has 2 aliphatic heterocycles. The lowest BCUT2D eigenvalue weighted by molar-refractivity contribution is -0.246. The molecule has 3 fully saturated rings. The lowest BCUT2D eigenvalue weighted by Crippen LogP contribution is -2.67. The van der Waals surface area contributed by atoms with Gasteiger partial charge in [0.05, 0.1) is 24.5 Å². The fourth-order valence-electron chi connectivity index (χ4n) is 6.22. The smallest absolute Gasteiger partial charge is 0.334 e. The Morgan fingerprint density at radius 1 is 1.26 bits per heavy atom. The third kappa shape index (κ3) is 1.99. The maximum Gasteiger partial charge on any atom is 0.334 e. The number of fused-ring (bicyclic) bond motifs is 2. The van der Waals surface area contributed by atoms with E-state index >= 15 is 0 Å². The average molecular weight is 374 g/mol. The van der Waals surface area contributed by atoms with Crippen molar-refractivity contribution >= 4 is 11.9 Å². The van der Waals surface area contributed by atoms with Gasteiger partial charge in [0, 0.05) is 22.0 Å². The lowest BCUT2D eigenvalue weighted by Gasteiger charge is -2.61. The van der Waals surface area contributed by atoms with Crippen molar-refractivity contribution in [2.75, 3.05) is 6.61 Å². The number of hydrogen-bond acceptors (Lipinski definition) is 7. The zero-order valence-electron chi connectivity index (χ0n) is 15.0. The fourth-order valence-corrected chi connectivity index (χ4v) is 6.22. The Kier molecular flexibility index (Phi) is 3.44. The summed E-state index contributed by atoms with van der Waals surface area (Å²) in [7, 11) is 0. The van der Waals surface area contributed by atoms with Crippen molar-refractivity contribution in [1.29, 1.82) is 0 Å². The summed E-state index contributed by atoms with van der Waals surface area (Å²) in [5.41, 5.74) is -0.458. The van der Waals surface area contributed by atoms with Crippen molar-refractivity contribution in [2.24, 2.45) is 22.7 Å². The van der Waals surface area contributed by atoms with Gasteiger partial charge in [-0.25, -0.2) is 4.79 Å². The van der Waals surface area contributed by atoms with Crippen LogP contribution >= 0.6 is 0 Å². The Morgan fingerprint density at radius 3 is 2.81 bits per heavy atom. The molecule has 0 aromatic carbocycles. The topological polar surface area (TPSA) is 106 Å². The molecule has 27 heavy (non-hydrogen) atoms. The van der Waals surface area contributed by atoms with E-state index in [4.69, 9.17) is 13.9 Å². The summed E-state index contributed by atoms with van der Waals surface area (Å²) in [5.74, 6) is -1.89. The van der Waals surface area contributed by atoms with Gasteiger partial charge in [0.1, 0.15) is 12.7 Å². The molecule has 0 bridgehead atoms. The van der Waals surface area contributed by atoms with Gasteiger partial charge in [0.15, 0.2) is 6.10 Å². The molecular formula is C20H22O7. The number of allylic oxidation sites excluding steroid dienone is 1. The first kappa shape index (κ1) is 17.0. The summed E-state index contributed by atoms with van der Waals surface area (Å²) in [6, 6.07) is 1.66. The zero-order chi connectivity index (χ0) is 19.0. The number of carbonyl (C=O) groups excluding carboxylic acids is 2. The highest BCUT2D eigenvalue weighted by Crippen LogP contribution is 2.66. The van der Waals surface area contributed by atoms with E-state index in [2.05, 4.69) is 0 Å². The molecule has 0 amide bonds. The normalized spacial score (nSPS) is 45.9. The minimum Gasteiger partial charge on any atom is -0.472 e. The number of rotatable bonds is 1. The number of furan rings is 1. The van der Waals surface area contributed by atoms with Gasteiger partial charge in [-0.1, -0.05) is 13.0 Å². The number of aliphatic hydroxyl groups excluding tert-OH is 2. The molecular weight excluding hydrogens is 352 g/mol. The van der Waals surface area contributed by atoms with Gasteiger partial charge >= 0.3 is 11.9 Å². The van der Waals surface area contributed by atoms with Crippen LogP contribution in [-0.2, 0) is 19.1 Å². The Hall–Kier alpha value is -2.12. The number of ether oxygens (including phenoxy) is 2. The third-order valence-electron chi connectivity index (χ3n) is 7.36. The first-order valence-electron chi connectivity index (χ1n) is 9.36. The predicted octanol–water partition coefficient (Wildman–Crippen LogP) is 1.51. The molecule has 1 saturated carbocycles. The summed E-state index contributed by atoms with van der Waals surface area (Å²) >= 11 is 0. The van der Waals surface area contributed by atoms with Crippen LogP contribution < -0.4 is 0 Å². The number of cyclic esters (lactones) is 2. The zero-order valence-corrected chi connectivity index (χ0v) is 15.0. The van der Waals surface area contributed by atoms with Gasteiger partial charge in [-0.2, -0.15) is 0 Å². The van der Waals surface area contributed by atoms with Gasteiger partial charge in [0.2, 0.25) is 0 Å². The van der Waals surface area contributed by atoms with E-state index in [9.17, 15) is 19.8 Å². The monoisotopic (exact) mass is 374 g/mol. The highest BCUT2D eigenvalue weighted by Gasteiger charge is 2.70. The molecule has 4 aliphatic rings. The second-order valence-electron chi connectivity index (χ2n) is 8.45. The van der Waals surface area contributed by atoms with Crippen LogP contribution in [0.25, 0.3) is 0 Å². The SMILES string of the molecule is CC12C(O)C(c3ccoc3)OC(=O)C1C(O)CC13COC(=O)C1=CCCC32. The molecule has 2 aliphatic carbocycles. The van der Waals surface area contributed by atoms with E-state index < -0.39 is 41.0 Å². The molecule has 1 aromatic heterocycles. The predicted molar refractivity (Wildman–Crippen MR) is 90.0 cm³/mol. The number of aliphatic hydroxyl groups is 2. The molecule has 7 heteroatoms. The van der Waals surface area contributed by atoms with Crippen molar-refractivity contribution in [3.05, 3.63) is 35.8 Å². The minimum absolute atomic E-state index is 0.179. The number of esters is 2. The second-order valence-corrected chi connectivity index (χ2v) is 8.45. The maximum atomic E-state index is 12.9. The first-order chi connectivity index (χ1) is 12.9. The average Bonchev–Trinajstić information content (AvgIpc) is 3.26. The molecule has 7 unspecified atom stereocenters. The van der Waals surface area contributed by atoms with Crippen LogP contribution in [-0.4, -0.2) is 41.0 Å². The van der Waals surface area contributed by atoms with E-state index in [-0.39, 0.29) is 24.9 Å². The minimum atomic E-state index is -1.04. The van der Waals surface area contributed by atoms with Crippen LogP contribution in [0.5, 0.6) is 0 Å². The van der Waals surface area contributed by atoms with Crippen LogP contribution in [0.4, 0.5) is 0 Å². The Labute approximate surface area is 155 Å². The van der Waals surface area contributed by atoms with E-state index in [1.165, 1.54) is 12.5 Å². The molecule has 2 saturated heterocycles. The Morgan fingerprint density at radius 2 is 2.07 bits per heavy atom. The van der Waals surface area contributed by atoms with Gasteiger partial charge in [-0.3, -0.25) is 4.79 Å². The van der Waals surface area contributed by atoms with Crippen molar-refractivity contribution in [1.82, 2.24) is 0 Å². The highest BCUT2D eigenvalue weighted by molar-refractivity contribution is 5.93. The highest BCUT2D eigenvalue weighted by atomic mass is 16.6. The molecule has 1 aromatic rings. The van der Waals surface area contributed by atoms with Crippen LogP contribution in [0, 0.1) is 22.7 Å². The summed E-state index contributed by atoms with van der Waals surface area (Å²) in [4.78, 5) is 25.2. The summed E-state index contributed by atoms with van der Waals surface area (Å²) in [6.07, 6.45) is 3.53. The molecule has 0 radical (unpaired) electrons. The van der Waals surface area contributed by atoms with Crippen molar-refractivity contribution in [3.8, 4) is 0 Å². The Balaban J connectivity index is 1.65. The first-order valence-corrected chi connectivity index (χ1v) is 9.36. The van der Waals surface area contributed by atoms with Crippen LogP contribution in [0.2, 0.25) is 0 Å². The van der Waals surface area contributed by atoms with Gasteiger partial charge in [-0.05, 0) is 31.2 Å². The van der Waals surface area contributed by atoms with Crippen molar-refractivity contribution in [2.45, 2.75) is 44.5 Å². The molecule has 7 atom stereocenters. The van der Waals surface area contributed by atoms with Crippen LogP contribution in [0.1, 0.15) is 37.9 Å². The van der Waals surface area contributed by atoms with E-state index in [0.29, 0.717) is 24.0 Å². The molecule has 5 rings (SSSR count). The Bertz CT molecular complexity index is 827. The summed E-state index contributed by atoms with van der Waals surface area (Å²) < 4.78 is 16.0. The van der Waals surface area contributed by atoms with Crippen LogP contribution in [0.3, 0.4) is 0 Å². The summed E-state index contributed by atoms with van der Waals surface area (Å²) in [6.45, 7) is 2.02. The van der Waals surface area contributed by atoms with Gasteiger partial charge in [0.25, 0.3) is 0 Å². The second kappa shape index (κ2) is 5.45. The molecule has 3 heterocycles. The largest absolute Gasteiger partial charge is 0.472 e.